The molecule has 2 nitrogen and oxygen atoms in total. The van der Waals surface area contributed by atoms with E-state index in [-0.39, 0.29) is 0 Å². The predicted molar refractivity (Wildman–Crippen MR) is 63.4 cm³/mol. The highest BCUT2D eigenvalue weighted by Gasteiger charge is 2.23. The molecule has 0 bridgehead atoms. The fraction of sp³-hybridized carbons (Fsp3) is 0.286. The molecule has 0 saturated heterocycles. The molecule has 1 aromatic heterocycles. The van der Waals surface area contributed by atoms with E-state index in [2.05, 4.69) is 42.6 Å². The van der Waals surface area contributed by atoms with Crippen LogP contribution in [0.25, 0.3) is 0 Å². The van der Waals surface area contributed by atoms with Crippen molar-refractivity contribution in [2.75, 3.05) is 6.54 Å². The zero-order valence-corrected chi connectivity index (χ0v) is 9.36. The van der Waals surface area contributed by atoms with Gasteiger partial charge in [-0.25, -0.2) is 0 Å². The van der Waals surface area contributed by atoms with Crippen LogP contribution in [0.4, 0.5) is 0 Å². The quantitative estimate of drug-likeness (QED) is 0.788. The van der Waals surface area contributed by atoms with Gasteiger partial charge in [0.1, 0.15) is 5.76 Å². The van der Waals surface area contributed by atoms with Gasteiger partial charge in [-0.2, -0.15) is 0 Å². The van der Waals surface area contributed by atoms with Crippen molar-refractivity contribution < 1.29 is 4.42 Å². The Morgan fingerprint density at radius 3 is 3.12 bits per heavy atom. The molecule has 2 heterocycles. The van der Waals surface area contributed by atoms with Gasteiger partial charge in [-0.15, -0.1) is 0 Å². The first kappa shape index (κ1) is 9.67. The van der Waals surface area contributed by atoms with Crippen molar-refractivity contribution in [1.82, 2.24) is 5.32 Å². The van der Waals surface area contributed by atoms with Crippen molar-refractivity contribution in [3.8, 4) is 0 Å². The zero-order valence-electron chi connectivity index (χ0n) is 9.36. The van der Waals surface area contributed by atoms with Crippen LogP contribution < -0.4 is 5.32 Å². The Balaban J connectivity index is 2.04. The van der Waals surface area contributed by atoms with Gasteiger partial charge in [0, 0.05) is 18.5 Å². The van der Waals surface area contributed by atoms with E-state index >= 15 is 0 Å². The smallest absolute Gasteiger partial charge is 0.110 e. The van der Waals surface area contributed by atoms with Crippen LogP contribution in [0.2, 0.25) is 0 Å². The molecule has 82 valence electrons. The minimum absolute atomic E-state index is 0.294. The van der Waals surface area contributed by atoms with Crippen LogP contribution in [0.3, 0.4) is 0 Å². The number of rotatable bonds is 1. The molecule has 1 unspecified atom stereocenters. The van der Waals surface area contributed by atoms with E-state index < -0.39 is 0 Å². The standard InChI is InChI=1S/C14H15NO/c1-10-3-2-4-11(9-10)14-12-6-8-16-13(12)5-7-15-14/h2-4,6,8-9,14-15H,5,7H2,1H3. The summed E-state index contributed by atoms with van der Waals surface area (Å²) in [6.45, 7) is 3.11. The SMILES string of the molecule is Cc1cccc(C2NCCc3occc32)c1. The highest BCUT2D eigenvalue weighted by Crippen LogP contribution is 2.29. The maximum absolute atomic E-state index is 5.50. The molecule has 1 aromatic carbocycles. The third kappa shape index (κ3) is 1.55. The van der Waals surface area contributed by atoms with E-state index in [4.69, 9.17) is 4.42 Å². The van der Waals surface area contributed by atoms with E-state index in [1.165, 1.54) is 16.7 Å². The summed E-state index contributed by atoms with van der Waals surface area (Å²) in [7, 11) is 0. The van der Waals surface area contributed by atoms with Gasteiger partial charge in [-0.05, 0) is 18.6 Å². The molecule has 1 N–H and O–H groups in total. The predicted octanol–water partition coefficient (Wildman–Crippen LogP) is 2.82. The monoisotopic (exact) mass is 213 g/mol. The maximum atomic E-state index is 5.50. The minimum atomic E-state index is 0.294. The molecular formula is C14H15NO. The fourth-order valence-corrected chi connectivity index (χ4v) is 2.40. The van der Waals surface area contributed by atoms with Gasteiger partial charge < -0.3 is 9.73 Å². The Kier molecular flexibility index (Phi) is 2.29. The highest BCUT2D eigenvalue weighted by molar-refractivity contribution is 5.36. The summed E-state index contributed by atoms with van der Waals surface area (Å²) in [6, 6.07) is 11.0. The summed E-state index contributed by atoms with van der Waals surface area (Å²) in [6.07, 6.45) is 2.78. The van der Waals surface area contributed by atoms with Crippen LogP contribution in [0, 0.1) is 6.92 Å². The van der Waals surface area contributed by atoms with Gasteiger partial charge in [-0.3, -0.25) is 0 Å². The molecule has 3 rings (SSSR count). The molecule has 1 atom stereocenters. The van der Waals surface area contributed by atoms with E-state index in [1.54, 1.807) is 6.26 Å². The Bertz CT molecular complexity index is 501. The van der Waals surface area contributed by atoms with Crippen LogP contribution in [0.15, 0.2) is 41.0 Å². The zero-order chi connectivity index (χ0) is 11.0. The molecule has 0 radical (unpaired) electrons. The van der Waals surface area contributed by atoms with Gasteiger partial charge in [0.2, 0.25) is 0 Å². The number of hydrogen-bond acceptors (Lipinski definition) is 2. The Morgan fingerprint density at radius 1 is 1.31 bits per heavy atom. The molecule has 0 aliphatic carbocycles. The van der Waals surface area contributed by atoms with Crippen molar-refractivity contribution >= 4 is 0 Å². The van der Waals surface area contributed by atoms with Crippen LogP contribution in [0.1, 0.15) is 28.5 Å². The number of hydrogen-bond donors (Lipinski definition) is 1. The van der Waals surface area contributed by atoms with Gasteiger partial charge in [0.05, 0.1) is 12.3 Å². The Morgan fingerprint density at radius 2 is 2.25 bits per heavy atom. The first-order chi connectivity index (χ1) is 7.84. The largest absolute Gasteiger partial charge is 0.469 e. The van der Waals surface area contributed by atoms with Crippen LogP contribution in [-0.2, 0) is 6.42 Å². The normalized spacial score (nSPS) is 19.4. The van der Waals surface area contributed by atoms with Crippen molar-refractivity contribution in [1.29, 1.82) is 0 Å². The Hall–Kier alpha value is -1.54. The molecule has 16 heavy (non-hydrogen) atoms. The second-order valence-corrected chi connectivity index (χ2v) is 4.35. The molecule has 0 saturated carbocycles. The summed E-state index contributed by atoms with van der Waals surface area (Å²) >= 11 is 0. The summed E-state index contributed by atoms with van der Waals surface area (Å²) in [4.78, 5) is 0. The van der Waals surface area contributed by atoms with Crippen LogP contribution >= 0.6 is 0 Å². The van der Waals surface area contributed by atoms with E-state index in [0.717, 1.165) is 18.7 Å². The van der Waals surface area contributed by atoms with Gasteiger partial charge in [0.25, 0.3) is 0 Å². The molecule has 0 spiro atoms. The number of nitrogens with one attached hydrogen (secondary N) is 1. The fourth-order valence-electron chi connectivity index (χ4n) is 2.40. The number of furan rings is 1. The molecule has 2 heteroatoms. The molecule has 1 aliphatic rings. The van der Waals surface area contributed by atoms with Gasteiger partial charge >= 0.3 is 0 Å². The molecular weight excluding hydrogens is 198 g/mol. The number of fused-ring (bicyclic) bond motifs is 1. The first-order valence-electron chi connectivity index (χ1n) is 5.71. The van der Waals surface area contributed by atoms with Crippen molar-refractivity contribution in [2.24, 2.45) is 0 Å². The van der Waals surface area contributed by atoms with Crippen LogP contribution in [0.5, 0.6) is 0 Å². The van der Waals surface area contributed by atoms with E-state index in [1.807, 2.05) is 0 Å². The summed E-state index contributed by atoms with van der Waals surface area (Å²) in [5.41, 5.74) is 3.91. The third-order valence-corrected chi connectivity index (χ3v) is 3.17. The van der Waals surface area contributed by atoms with Crippen molar-refractivity contribution in [3.05, 3.63) is 59.0 Å². The topological polar surface area (TPSA) is 25.2 Å². The first-order valence-corrected chi connectivity index (χ1v) is 5.71. The number of aryl methyl sites for hydroxylation is 1. The van der Waals surface area contributed by atoms with E-state index in [0.29, 0.717) is 6.04 Å². The summed E-state index contributed by atoms with van der Waals surface area (Å²) < 4.78 is 5.50. The third-order valence-electron chi connectivity index (χ3n) is 3.17. The lowest BCUT2D eigenvalue weighted by atomic mass is 9.94. The van der Waals surface area contributed by atoms with Crippen LogP contribution in [-0.4, -0.2) is 6.54 Å². The van der Waals surface area contributed by atoms with E-state index in [9.17, 15) is 0 Å². The molecule has 0 fully saturated rings. The second kappa shape index (κ2) is 3.80. The summed E-state index contributed by atoms with van der Waals surface area (Å²) in [5, 5.41) is 3.54. The van der Waals surface area contributed by atoms with Crippen molar-refractivity contribution in [2.45, 2.75) is 19.4 Å². The lowest BCUT2D eigenvalue weighted by molar-refractivity contribution is 0.456. The average molecular weight is 213 g/mol. The lowest BCUT2D eigenvalue weighted by Crippen LogP contribution is -2.29. The highest BCUT2D eigenvalue weighted by atomic mass is 16.3. The van der Waals surface area contributed by atoms with Gasteiger partial charge in [0.15, 0.2) is 0 Å². The van der Waals surface area contributed by atoms with Gasteiger partial charge in [-0.1, -0.05) is 29.8 Å². The summed E-state index contributed by atoms with van der Waals surface area (Å²) in [5.74, 6) is 1.13. The second-order valence-electron chi connectivity index (χ2n) is 4.35. The Labute approximate surface area is 95.3 Å². The van der Waals surface area contributed by atoms with Crippen molar-refractivity contribution in [3.63, 3.8) is 0 Å². The maximum Gasteiger partial charge on any atom is 0.110 e. The number of benzene rings is 1. The lowest BCUT2D eigenvalue weighted by Gasteiger charge is -2.23. The minimum Gasteiger partial charge on any atom is -0.469 e. The molecule has 1 aliphatic heterocycles. The molecule has 0 amide bonds. The average Bonchev–Trinajstić information content (AvgIpc) is 2.76. The molecule has 2 aromatic rings.